The van der Waals surface area contributed by atoms with Crippen molar-refractivity contribution in [3.05, 3.63) is 59.1 Å². The Morgan fingerprint density at radius 1 is 1.23 bits per heavy atom. The second-order valence-corrected chi connectivity index (χ2v) is 5.34. The Kier molecular flexibility index (Phi) is 3.81. The summed E-state index contributed by atoms with van der Waals surface area (Å²) in [4.78, 5) is 7.95. The summed E-state index contributed by atoms with van der Waals surface area (Å²) in [6, 6.07) is 7.71. The van der Waals surface area contributed by atoms with E-state index in [1.165, 1.54) is 24.5 Å². The molecule has 2 N–H and O–H groups in total. The van der Waals surface area contributed by atoms with Crippen molar-refractivity contribution >= 4 is 28.2 Å². The first-order chi connectivity index (χ1) is 10.6. The number of nitrogens with zero attached hydrogens (tertiary/aromatic N) is 2. The highest BCUT2D eigenvalue weighted by molar-refractivity contribution is 6.34. The Balaban J connectivity index is 2.05. The third kappa shape index (κ3) is 2.67. The monoisotopic (exact) mass is 317 g/mol. The van der Waals surface area contributed by atoms with Gasteiger partial charge in [-0.05, 0) is 13.0 Å². The van der Waals surface area contributed by atoms with E-state index in [9.17, 15) is 9.50 Å². The van der Waals surface area contributed by atoms with Crippen molar-refractivity contribution in [2.24, 2.45) is 0 Å². The molecule has 3 aromatic rings. The number of nitrogens with one attached hydrogen (secondary N) is 1. The fourth-order valence-electron chi connectivity index (χ4n) is 2.33. The Morgan fingerprint density at radius 3 is 2.77 bits per heavy atom. The molecule has 1 unspecified atom stereocenters. The summed E-state index contributed by atoms with van der Waals surface area (Å²) < 4.78 is 13.9. The molecule has 0 bridgehead atoms. The first-order valence-corrected chi connectivity index (χ1v) is 7.08. The first kappa shape index (κ1) is 14.5. The van der Waals surface area contributed by atoms with Gasteiger partial charge in [0, 0.05) is 23.2 Å². The minimum absolute atomic E-state index is 0.127. The number of aromatic nitrogens is 2. The number of pyridine rings is 2. The number of halogens is 2. The summed E-state index contributed by atoms with van der Waals surface area (Å²) in [5, 5.41) is 13.8. The molecule has 2 heterocycles. The molecule has 0 aliphatic rings. The van der Waals surface area contributed by atoms with E-state index >= 15 is 0 Å². The van der Waals surface area contributed by atoms with Crippen molar-refractivity contribution in [3.8, 4) is 5.88 Å². The third-order valence-corrected chi connectivity index (χ3v) is 3.71. The van der Waals surface area contributed by atoms with Crippen molar-refractivity contribution in [2.75, 3.05) is 5.32 Å². The summed E-state index contributed by atoms with van der Waals surface area (Å²) in [7, 11) is 0. The molecule has 0 spiro atoms. The molecular formula is C16H13ClFN3O. The molecule has 3 rings (SSSR count). The predicted octanol–water partition coefficient (Wildman–Crippen LogP) is 4.30. The first-order valence-electron chi connectivity index (χ1n) is 6.70. The lowest BCUT2D eigenvalue weighted by Gasteiger charge is -2.18. The van der Waals surface area contributed by atoms with Gasteiger partial charge in [0.15, 0.2) is 0 Å². The molecule has 4 nitrogen and oxygen atoms in total. The quantitative estimate of drug-likeness (QED) is 0.756. The van der Waals surface area contributed by atoms with Gasteiger partial charge in [0.2, 0.25) is 5.88 Å². The molecule has 0 aliphatic heterocycles. The molecule has 2 aromatic heterocycles. The Morgan fingerprint density at radius 2 is 2.00 bits per heavy atom. The number of rotatable bonds is 3. The zero-order valence-electron chi connectivity index (χ0n) is 11.7. The normalized spacial score (nSPS) is 12.3. The largest absolute Gasteiger partial charge is 0.493 e. The van der Waals surface area contributed by atoms with Crippen LogP contribution in [0, 0.1) is 5.82 Å². The van der Waals surface area contributed by atoms with Crippen molar-refractivity contribution in [1.82, 2.24) is 9.97 Å². The van der Waals surface area contributed by atoms with Gasteiger partial charge in [0.25, 0.3) is 0 Å². The van der Waals surface area contributed by atoms with Crippen molar-refractivity contribution in [1.29, 1.82) is 0 Å². The van der Waals surface area contributed by atoms with E-state index in [0.29, 0.717) is 27.2 Å². The lowest BCUT2D eigenvalue weighted by molar-refractivity contribution is 0.454. The van der Waals surface area contributed by atoms with Crippen molar-refractivity contribution < 1.29 is 9.50 Å². The number of hydrogen-bond donors (Lipinski definition) is 2. The summed E-state index contributed by atoms with van der Waals surface area (Å²) in [6.45, 7) is 1.84. The topological polar surface area (TPSA) is 58.0 Å². The summed E-state index contributed by atoms with van der Waals surface area (Å²) in [5.74, 6) is -0.417. The molecule has 0 fully saturated rings. The highest BCUT2D eigenvalue weighted by atomic mass is 35.5. The molecule has 0 saturated heterocycles. The number of benzene rings is 1. The molecule has 22 heavy (non-hydrogen) atoms. The fourth-order valence-corrected chi connectivity index (χ4v) is 2.53. The van der Waals surface area contributed by atoms with Gasteiger partial charge >= 0.3 is 0 Å². The molecule has 6 heteroatoms. The maximum absolute atomic E-state index is 13.9. The Labute approximate surface area is 131 Å². The maximum Gasteiger partial charge on any atom is 0.211 e. The second-order valence-electron chi connectivity index (χ2n) is 4.93. The number of fused-ring (bicyclic) bond motifs is 1. The zero-order chi connectivity index (χ0) is 15.7. The standard InChI is InChI=1S/C16H13ClFN3O/c1-9(10-4-2-3-5-13(10)18)21-16-11-6-15(22)20-8-14(11)19-7-12(16)17/h2-9H,1H3,(H,19,21)(H,20,22). The molecule has 112 valence electrons. The lowest BCUT2D eigenvalue weighted by Crippen LogP contribution is -2.09. The van der Waals surface area contributed by atoms with Crippen LogP contribution in [0.2, 0.25) is 5.02 Å². The van der Waals surface area contributed by atoms with Crippen LogP contribution in [0.4, 0.5) is 10.1 Å². The molecule has 0 amide bonds. The van der Waals surface area contributed by atoms with Gasteiger partial charge in [-0.15, -0.1) is 0 Å². The SMILES string of the molecule is CC(Nc1c(Cl)cnc2cnc(O)cc12)c1ccccc1F. The molecule has 0 saturated carbocycles. The van der Waals surface area contributed by atoms with Crippen LogP contribution in [-0.4, -0.2) is 15.1 Å². The molecule has 1 aromatic carbocycles. The molecule has 0 aliphatic carbocycles. The maximum atomic E-state index is 13.9. The van der Waals surface area contributed by atoms with Gasteiger partial charge in [-0.25, -0.2) is 9.37 Å². The van der Waals surface area contributed by atoms with Crippen LogP contribution in [0.15, 0.2) is 42.7 Å². The summed E-state index contributed by atoms with van der Waals surface area (Å²) in [6.07, 6.45) is 2.96. The summed E-state index contributed by atoms with van der Waals surface area (Å²) in [5.41, 5.74) is 1.70. The Hall–Kier alpha value is -2.40. The second kappa shape index (κ2) is 5.77. The van der Waals surface area contributed by atoms with Crippen LogP contribution >= 0.6 is 11.6 Å². The van der Waals surface area contributed by atoms with Crippen LogP contribution in [0.5, 0.6) is 5.88 Å². The van der Waals surface area contributed by atoms with E-state index in [1.807, 2.05) is 6.92 Å². The number of anilines is 1. The van der Waals surface area contributed by atoms with Gasteiger partial charge in [-0.3, -0.25) is 4.98 Å². The predicted molar refractivity (Wildman–Crippen MR) is 84.7 cm³/mol. The Bertz CT molecular complexity index is 835. The van der Waals surface area contributed by atoms with Gasteiger partial charge in [-0.2, -0.15) is 0 Å². The fraction of sp³-hybridized carbons (Fsp3) is 0.125. The average Bonchev–Trinajstić information content (AvgIpc) is 2.50. The third-order valence-electron chi connectivity index (χ3n) is 3.43. The van der Waals surface area contributed by atoms with E-state index in [4.69, 9.17) is 11.6 Å². The molecule has 1 atom stereocenters. The van der Waals surface area contributed by atoms with Gasteiger partial charge in [-0.1, -0.05) is 29.8 Å². The zero-order valence-corrected chi connectivity index (χ0v) is 12.5. The number of hydrogen-bond acceptors (Lipinski definition) is 4. The van der Waals surface area contributed by atoms with E-state index < -0.39 is 0 Å². The lowest BCUT2D eigenvalue weighted by atomic mass is 10.1. The minimum Gasteiger partial charge on any atom is -0.493 e. The van der Waals surface area contributed by atoms with Crippen LogP contribution in [-0.2, 0) is 0 Å². The highest BCUT2D eigenvalue weighted by Crippen LogP contribution is 2.33. The molecular weight excluding hydrogens is 305 g/mol. The van der Waals surface area contributed by atoms with E-state index in [0.717, 1.165) is 0 Å². The molecule has 0 radical (unpaired) electrons. The van der Waals surface area contributed by atoms with E-state index in [2.05, 4.69) is 15.3 Å². The number of aromatic hydroxyl groups is 1. The minimum atomic E-state index is -0.306. The summed E-state index contributed by atoms with van der Waals surface area (Å²) >= 11 is 6.21. The average molecular weight is 318 g/mol. The van der Waals surface area contributed by atoms with E-state index in [-0.39, 0.29) is 17.7 Å². The van der Waals surface area contributed by atoms with Crippen LogP contribution in [0.1, 0.15) is 18.5 Å². The van der Waals surface area contributed by atoms with Crippen molar-refractivity contribution in [3.63, 3.8) is 0 Å². The van der Waals surface area contributed by atoms with Crippen LogP contribution in [0.3, 0.4) is 0 Å². The van der Waals surface area contributed by atoms with Crippen LogP contribution < -0.4 is 5.32 Å². The van der Waals surface area contributed by atoms with E-state index in [1.54, 1.807) is 18.2 Å². The van der Waals surface area contributed by atoms with Gasteiger partial charge < -0.3 is 10.4 Å². The van der Waals surface area contributed by atoms with Gasteiger partial charge in [0.1, 0.15) is 5.82 Å². The van der Waals surface area contributed by atoms with Gasteiger partial charge in [0.05, 0.1) is 28.5 Å². The van der Waals surface area contributed by atoms with Crippen molar-refractivity contribution in [2.45, 2.75) is 13.0 Å². The smallest absolute Gasteiger partial charge is 0.211 e. The highest BCUT2D eigenvalue weighted by Gasteiger charge is 2.15. The van der Waals surface area contributed by atoms with Crippen LogP contribution in [0.25, 0.3) is 10.9 Å².